The fourth-order valence-electron chi connectivity index (χ4n) is 3.54. The van der Waals surface area contributed by atoms with E-state index in [1.165, 1.54) is 17.7 Å². The van der Waals surface area contributed by atoms with Crippen molar-refractivity contribution in [3.05, 3.63) is 99.3 Å². The van der Waals surface area contributed by atoms with Crippen molar-refractivity contribution in [3.8, 4) is 0 Å². The predicted octanol–water partition coefficient (Wildman–Crippen LogP) is 5.50. The van der Waals surface area contributed by atoms with E-state index in [0.29, 0.717) is 22.8 Å². The highest BCUT2D eigenvalue weighted by Crippen LogP contribution is 2.28. The highest BCUT2D eigenvalue weighted by Gasteiger charge is 2.26. The summed E-state index contributed by atoms with van der Waals surface area (Å²) < 4.78 is 13.5. The van der Waals surface area contributed by atoms with Crippen molar-refractivity contribution in [2.45, 2.75) is 26.3 Å². The summed E-state index contributed by atoms with van der Waals surface area (Å²) in [5.74, 6) is -0.498. The molecule has 5 heteroatoms. The Bertz CT molecular complexity index is 1120. The molecule has 29 heavy (non-hydrogen) atoms. The van der Waals surface area contributed by atoms with E-state index < -0.39 is 6.04 Å². The van der Waals surface area contributed by atoms with Crippen molar-refractivity contribution >= 4 is 28.9 Å². The molecule has 0 aromatic heterocycles. The number of rotatable bonds is 3. The quantitative estimate of drug-likeness (QED) is 0.613. The van der Waals surface area contributed by atoms with Crippen LogP contribution in [0.5, 0.6) is 0 Å². The van der Waals surface area contributed by atoms with Gasteiger partial charge < -0.3 is 5.32 Å². The van der Waals surface area contributed by atoms with Gasteiger partial charge in [0.15, 0.2) is 0 Å². The van der Waals surface area contributed by atoms with E-state index in [1.54, 1.807) is 30.3 Å². The second-order valence-electron chi connectivity index (χ2n) is 7.24. The van der Waals surface area contributed by atoms with Gasteiger partial charge in [-0.2, -0.15) is 0 Å². The molecule has 1 amide bonds. The number of fused-ring (bicyclic) bond motifs is 1. The zero-order valence-electron chi connectivity index (χ0n) is 16.2. The van der Waals surface area contributed by atoms with Gasteiger partial charge in [-0.05, 0) is 73.0 Å². The van der Waals surface area contributed by atoms with Crippen LogP contribution in [-0.4, -0.2) is 17.7 Å². The summed E-state index contributed by atoms with van der Waals surface area (Å²) in [6.07, 6.45) is 0.478. The first-order chi connectivity index (χ1) is 13.9. The Morgan fingerprint density at radius 1 is 1.07 bits per heavy atom. The molecule has 146 valence electrons. The zero-order valence-corrected chi connectivity index (χ0v) is 16.9. The minimum absolute atomic E-state index is 0.174. The van der Waals surface area contributed by atoms with Crippen molar-refractivity contribution in [1.29, 1.82) is 0 Å². The largest absolute Gasteiger partial charge is 0.324 e. The lowest BCUT2D eigenvalue weighted by atomic mass is 9.97. The van der Waals surface area contributed by atoms with Crippen LogP contribution >= 0.6 is 11.6 Å². The van der Waals surface area contributed by atoms with Crippen LogP contribution in [0.3, 0.4) is 0 Å². The van der Waals surface area contributed by atoms with Crippen LogP contribution in [0.2, 0.25) is 5.02 Å². The van der Waals surface area contributed by atoms with Crippen LogP contribution < -0.4 is 5.32 Å². The summed E-state index contributed by atoms with van der Waals surface area (Å²) in [6.45, 7) is 4.11. The molecule has 0 spiro atoms. The number of amides is 1. The Hall–Kier alpha value is -2.98. The first-order valence-corrected chi connectivity index (χ1v) is 9.80. The first kappa shape index (κ1) is 19.3. The Kier molecular flexibility index (Phi) is 5.20. The number of aryl methyl sites for hydroxylation is 1. The summed E-state index contributed by atoms with van der Waals surface area (Å²) >= 11 is 6.22. The topological polar surface area (TPSA) is 41.5 Å². The average molecular weight is 407 g/mol. The van der Waals surface area contributed by atoms with Crippen LogP contribution in [0.15, 0.2) is 65.7 Å². The zero-order chi connectivity index (χ0) is 20.5. The van der Waals surface area contributed by atoms with Gasteiger partial charge in [0.2, 0.25) is 5.91 Å². The van der Waals surface area contributed by atoms with E-state index in [-0.39, 0.29) is 11.7 Å². The molecule has 1 unspecified atom stereocenters. The smallest absolute Gasteiger partial charge is 0.249 e. The first-order valence-electron chi connectivity index (χ1n) is 9.42. The number of hydrogen-bond donors (Lipinski definition) is 1. The number of benzene rings is 3. The van der Waals surface area contributed by atoms with Crippen molar-refractivity contribution in [2.24, 2.45) is 4.99 Å². The number of anilines is 1. The summed E-state index contributed by atoms with van der Waals surface area (Å²) in [5, 5.41) is 3.52. The molecule has 4 rings (SSSR count). The number of benzodiazepines with no additional fused rings is 1. The Labute approximate surface area is 174 Å². The monoisotopic (exact) mass is 406 g/mol. The van der Waals surface area contributed by atoms with Gasteiger partial charge >= 0.3 is 0 Å². The van der Waals surface area contributed by atoms with Crippen molar-refractivity contribution in [3.63, 3.8) is 0 Å². The molecular weight excluding hydrogens is 387 g/mol. The lowest BCUT2D eigenvalue weighted by molar-refractivity contribution is -0.117. The maximum atomic E-state index is 13.5. The number of carbonyl (C=O) groups is 1. The van der Waals surface area contributed by atoms with Crippen molar-refractivity contribution in [2.75, 3.05) is 5.32 Å². The Balaban J connectivity index is 1.83. The molecule has 1 heterocycles. The minimum Gasteiger partial charge on any atom is -0.324 e. The molecule has 0 aliphatic carbocycles. The van der Waals surface area contributed by atoms with E-state index in [2.05, 4.69) is 25.2 Å². The van der Waals surface area contributed by atoms with E-state index in [9.17, 15) is 9.18 Å². The lowest BCUT2D eigenvalue weighted by Crippen LogP contribution is -2.28. The summed E-state index contributed by atoms with van der Waals surface area (Å²) in [4.78, 5) is 17.8. The molecule has 1 aliphatic heterocycles. The third-order valence-electron chi connectivity index (χ3n) is 5.33. The summed E-state index contributed by atoms with van der Waals surface area (Å²) in [5.41, 5.74) is 6.13. The maximum absolute atomic E-state index is 13.5. The summed E-state index contributed by atoms with van der Waals surface area (Å²) in [6, 6.07) is 16.9. The molecule has 1 N–H and O–H groups in total. The number of carbonyl (C=O) groups excluding carboxylic acids is 1. The molecule has 0 bridgehead atoms. The highest BCUT2D eigenvalue weighted by molar-refractivity contribution is 6.32. The number of hydrogen-bond acceptors (Lipinski definition) is 2. The van der Waals surface area contributed by atoms with Gasteiger partial charge in [0.05, 0.1) is 11.4 Å². The number of halogens is 2. The molecular formula is C24H20ClFN2O. The van der Waals surface area contributed by atoms with E-state index in [1.807, 2.05) is 12.1 Å². The van der Waals surface area contributed by atoms with Crippen molar-refractivity contribution in [1.82, 2.24) is 0 Å². The fraction of sp³-hybridized carbons (Fsp3) is 0.167. The molecule has 0 radical (unpaired) electrons. The van der Waals surface area contributed by atoms with E-state index >= 15 is 0 Å². The molecule has 3 aromatic rings. The summed E-state index contributed by atoms with van der Waals surface area (Å²) in [7, 11) is 0. The van der Waals surface area contributed by atoms with Crippen LogP contribution in [0.25, 0.3) is 0 Å². The molecule has 1 aliphatic rings. The number of aliphatic imine (C=N–C) groups is 1. The average Bonchev–Trinajstić information content (AvgIpc) is 2.83. The second-order valence-corrected chi connectivity index (χ2v) is 7.68. The second kappa shape index (κ2) is 7.80. The standard InChI is InChI=1S/C24H20ClFN2O/c1-14-4-3-5-17(15(14)2)12-22-24(29)28-21-11-8-18(25)13-20(21)23(27-22)16-6-9-19(26)10-7-16/h3-11,13,22H,12H2,1-2H3,(H,28,29). The number of nitrogens with one attached hydrogen (secondary N) is 1. The third-order valence-corrected chi connectivity index (χ3v) is 5.57. The highest BCUT2D eigenvalue weighted by atomic mass is 35.5. The predicted molar refractivity (Wildman–Crippen MR) is 116 cm³/mol. The molecule has 0 fully saturated rings. The third kappa shape index (κ3) is 3.94. The van der Waals surface area contributed by atoms with Crippen LogP contribution in [0, 0.1) is 19.7 Å². The maximum Gasteiger partial charge on any atom is 0.249 e. The van der Waals surface area contributed by atoms with Crippen LogP contribution in [-0.2, 0) is 11.2 Å². The van der Waals surface area contributed by atoms with Crippen molar-refractivity contribution < 1.29 is 9.18 Å². The van der Waals surface area contributed by atoms with E-state index in [0.717, 1.165) is 22.3 Å². The number of nitrogens with zero attached hydrogens (tertiary/aromatic N) is 1. The minimum atomic E-state index is -0.610. The van der Waals surface area contributed by atoms with Gasteiger partial charge in [-0.1, -0.05) is 29.8 Å². The SMILES string of the molecule is Cc1cccc(CC2N=C(c3ccc(F)cc3)c3cc(Cl)ccc3NC2=O)c1C. The lowest BCUT2D eigenvalue weighted by Gasteiger charge is -2.14. The van der Waals surface area contributed by atoms with Crippen LogP contribution in [0.4, 0.5) is 10.1 Å². The molecule has 3 nitrogen and oxygen atoms in total. The van der Waals surface area contributed by atoms with Gasteiger partial charge in [0, 0.05) is 22.6 Å². The van der Waals surface area contributed by atoms with Gasteiger partial charge in [-0.25, -0.2) is 4.39 Å². The molecule has 0 saturated heterocycles. The van der Waals surface area contributed by atoms with Gasteiger partial charge in [-0.15, -0.1) is 0 Å². The molecule has 0 saturated carbocycles. The van der Waals surface area contributed by atoms with Gasteiger partial charge in [-0.3, -0.25) is 9.79 Å². The normalized spacial score (nSPS) is 15.9. The Morgan fingerprint density at radius 3 is 2.59 bits per heavy atom. The fourth-order valence-corrected chi connectivity index (χ4v) is 3.71. The van der Waals surface area contributed by atoms with Crippen LogP contribution in [0.1, 0.15) is 27.8 Å². The molecule has 1 atom stereocenters. The van der Waals surface area contributed by atoms with Gasteiger partial charge in [0.1, 0.15) is 11.9 Å². The van der Waals surface area contributed by atoms with E-state index in [4.69, 9.17) is 16.6 Å². The van der Waals surface area contributed by atoms with Gasteiger partial charge in [0.25, 0.3) is 0 Å². The Morgan fingerprint density at radius 2 is 1.83 bits per heavy atom. The molecule has 3 aromatic carbocycles.